The maximum absolute atomic E-state index is 11.7. The van der Waals surface area contributed by atoms with Crippen LogP contribution in [0.1, 0.15) is 24.8 Å². The van der Waals surface area contributed by atoms with Crippen molar-refractivity contribution in [1.82, 2.24) is 10.3 Å². The number of benzene rings is 1. The van der Waals surface area contributed by atoms with Gasteiger partial charge in [0.05, 0.1) is 5.54 Å². The molecule has 1 saturated carbocycles. The Morgan fingerprint density at radius 2 is 2.16 bits per heavy atom. The average Bonchev–Trinajstić information content (AvgIpc) is 3.05. The Hall–Kier alpha value is -1.81. The third-order valence-corrected chi connectivity index (χ3v) is 3.82. The molecule has 1 heterocycles. The number of fused-ring (bicyclic) bond motifs is 1. The molecule has 3 rings (SSSR count). The maximum atomic E-state index is 11.7. The van der Waals surface area contributed by atoms with Crippen LogP contribution in [-0.4, -0.2) is 23.0 Å². The molecule has 0 atom stereocenters. The van der Waals surface area contributed by atoms with Crippen molar-refractivity contribution in [2.45, 2.75) is 31.2 Å². The molecule has 0 radical (unpaired) electrons. The molecule has 1 amide bonds. The van der Waals surface area contributed by atoms with Gasteiger partial charge in [-0.3, -0.25) is 4.79 Å². The molecule has 1 aromatic heterocycles. The molecular formula is C15H19N3O. The first-order valence-corrected chi connectivity index (χ1v) is 6.81. The average molecular weight is 257 g/mol. The monoisotopic (exact) mass is 257 g/mol. The van der Waals surface area contributed by atoms with E-state index in [1.165, 1.54) is 16.5 Å². The van der Waals surface area contributed by atoms with Gasteiger partial charge in [-0.2, -0.15) is 0 Å². The van der Waals surface area contributed by atoms with Crippen molar-refractivity contribution in [2.24, 2.45) is 5.73 Å². The van der Waals surface area contributed by atoms with E-state index in [2.05, 4.69) is 28.6 Å². The molecule has 19 heavy (non-hydrogen) atoms. The first-order chi connectivity index (χ1) is 9.19. The first-order valence-electron chi connectivity index (χ1n) is 6.81. The number of nitrogens with two attached hydrogens (primary N) is 1. The highest BCUT2D eigenvalue weighted by atomic mass is 16.2. The van der Waals surface area contributed by atoms with E-state index in [4.69, 9.17) is 5.73 Å². The van der Waals surface area contributed by atoms with E-state index in [9.17, 15) is 4.79 Å². The Morgan fingerprint density at radius 1 is 1.37 bits per heavy atom. The zero-order valence-corrected chi connectivity index (χ0v) is 10.9. The lowest BCUT2D eigenvalue weighted by Gasteiger charge is -2.09. The number of hydrogen-bond acceptors (Lipinski definition) is 2. The highest BCUT2D eigenvalue weighted by Crippen LogP contribution is 2.32. The van der Waals surface area contributed by atoms with Crippen LogP contribution in [-0.2, 0) is 11.2 Å². The van der Waals surface area contributed by atoms with Gasteiger partial charge in [-0.05, 0) is 37.3 Å². The second-order valence-electron chi connectivity index (χ2n) is 5.38. The minimum absolute atomic E-state index is 0.00595. The number of carbonyl (C=O) groups excluding carboxylic acids is 1. The van der Waals surface area contributed by atoms with Crippen LogP contribution >= 0.6 is 0 Å². The molecule has 0 aliphatic heterocycles. The molecule has 4 heteroatoms. The first kappa shape index (κ1) is 12.2. The number of aryl methyl sites for hydroxylation is 1. The van der Waals surface area contributed by atoms with Gasteiger partial charge in [-0.15, -0.1) is 0 Å². The van der Waals surface area contributed by atoms with E-state index in [1.807, 2.05) is 12.1 Å². The standard InChI is InChI=1S/C15H19N3O/c16-15(7-8-15)14(19)17-9-3-4-11-10-18-13-6-2-1-5-12(11)13/h1-2,5-6,10,18H,3-4,7-9,16H2,(H,17,19). The van der Waals surface area contributed by atoms with E-state index in [-0.39, 0.29) is 5.91 Å². The number of H-pyrrole nitrogens is 1. The van der Waals surface area contributed by atoms with Crippen molar-refractivity contribution in [3.05, 3.63) is 36.0 Å². The Bertz CT molecular complexity index is 598. The summed E-state index contributed by atoms with van der Waals surface area (Å²) in [6, 6.07) is 8.27. The fourth-order valence-corrected chi connectivity index (χ4v) is 2.36. The summed E-state index contributed by atoms with van der Waals surface area (Å²) in [5.41, 5.74) is 7.74. The minimum Gasteiger partial charge on any atom is -0.361 e. The molecule has 1 aliphatic rings. The third-order valence-electron chi connectivity index (χ3n) is 3.82. The van der Waals surface area contributed by atoms with Crippen molar-refractivity contribution in [1.29, 1.82) is 0 Å². The van der Waals surface area contributed by atoms with Gasteiger partial charge in [-0.25, -0.2) is 0 Å². The molecule has 0 bridgehead atoms. The molecule has 2 aromatic rings. The Labute approximate surface area is 112 Å². The van der Waals surface area contributed by atoms with Gasteiger partial charge in [0, 0.05) is 23.6 Å². The van der Waals surface area contributed by atoms with Gasteiger partial charge in [0.15, 0.2) is 0 Å². The van der Waals surface area contributed by atoms with Crippen LogP contribution in [0.15, 0.2) is 30.5 Å². The zero-order valence-electron chi connectivity index (χ0n) is 10.9. The fourth-order valence-electron chi connectivity index (χ4n) is 2.36. The van der Waals surface area contributed by atoms with E-state index in [0.717, 1.165) is 25.7 Å². The molecule has 0 unspecified atom stereocenters. The smallest absolute Gasteiger partial charge is 0.240 e. The molecule has 0 spiro atoms. The SMILES string of the molecule is NC1(C(=O)NCCCc2c[nH]c3ccccc23)CC1. The summed E-state index contributed by atoms with van der Waals surface area (Å²) < 4.78 is 0. The van der Waals surface area contributed by atoms with E-state index in [0.29, 0.717) is 6.54 Å². The highest BCUT2D eigenvalue weighted by Gasteiger charge is 2.45. The van der Waals surface area contributed by atoms with E-state index in [1.54, 1.807) is 0 Å². The summed E-state index contributed by atoms with van der Waals surface area (Å²) in [7, 11) is 0. The summed E-state index contributed by atoms with van der Waals surface area (Å²) in [5, 5.41) is 4.19. The molecule has 1 fully saturated rings. The molecule has 4 N–H and O–H groups in total. The lowest BCUT2D eigenvalue weighted by Crippen LogP contribution is -2.43. The minimum atomic E-state index is -0.555. The number of rotatable bonds is 5. The van der Waals surface area contributed by atoms with Gasteiger partial charge < -0.3 is 16.0 Å². The number of carbonyl (C=O) groups is 1. The summed E-state index contributed by atoms with van der Waals surface area (Å²) in [5.74, 6) is 0.00595. The molecule has 100 valence electrons. The number of amides is 1. The Kier molecular flexibility index (Phi) is 3.03. The van der Waals surface area contributed by atoms with Crippen molar-refractivity contribution < 1.29 is 4.79 Å². The fraction of sp³-hybridized carbons (Fsp3) is 0.400. The van der Waals surface area contributed by atoms with Crippen molar-refractivity contribution >= 4 is 16.8 Å². The lowest BCUT2D eigenvalue weighted by atomic mass is 10.1. The van der Waals surface area contributed by atoms with Crippen molar-refractivity contribution in [2.75, 3.05) is 6.54 Å². The molecule has 0 saturated heterocycles. The Balaban J connectivity index is 1.51. The van der Waals surface area contributed by atoms with Gasteiger partial charge in [0.25, 0.3) is 0 Å². The van der Waals surface area contributed by atoms with Crippen molar-refractivity contribution in [3.63, 3.8) is 0 Å². The quantitative estimate of drug-likeness (QED) is 0.714. The largest absolute Gasteiger partial charge is 0.361 e. The van der Waals surface area contributed by atoms with Gasteiger partial charge >= 0.3 is 0 Å². The summed E-state index contributed by atoms with van der Waals surface area (Å²) in [4.78, 5) is 14.9. The lowest BCUT2D eigenvalue weighted by molar-refractivity contribution is -0.123. The molecule has 1 aromatic carbocycles. The van der Waals surface area contributed by atoms with Crippen LogP contribution in [0.4, 0.5) is 0 Å². The van der Waals surface area contributed by atoms with Crippen LogP contribution < -0.4 is 11.1 Å². The van der Waals surface area contributed by atoms with Gasteiger partial charge in [-0.1, -0.05) is 18.2 Å². The normalized spacial score (nSPS) is 16.5. The van der Waals surface area contributed by atoms with Crippen LogP contribution in [0.5, 0.6) is 0 Å². The topological polar surface area (TPSA) is 70.9 Å². The van der Waals surface area contributed by atoms with Crippen LogP contribution in [0.3, 0.4) is 0 Å². The second kappa shape index (κ2) is 4.70. The van der Waals surface area contributed by atoms with E-state index < -0.39 is 5.54 Å². The molecule has 1 aliphatic carbocycles. The predicted molar refractivity (Wildman–Crippen MR) is 75.8 cm³/mol. The Morgan fingerprint density at radius 3 is 2.95 bits per heavy atom. The van der Waals surface area contributed by atoms with Crippen LogP contribution in [0, 0.1) is 0 Å². The van der Waals surface area contributed by atoms with Gasteiger partial charge in [0.2, 0.25) is 5.91 Å². The number of para-hydroxylation sites is 1. The summed E-state index contributed by atoms with van der Waals surface area (Å²) in [6.07, 6.45) is 5.59. The predicted octanol–water partition coefficient (Wildman–Crippen LogP) is 1.71. The third kappa shape index (κ3) is 2.49. The molecule has 4 nitrogen and oxygen atoms in total. The zero-order chi connectivity index (χ0) is 13.3. The second-order valence-corrected chi connectivity index (χ2v) is 5.38. The van der Waals surface area contributed by atoms with Crippen LogP contribution in [0.25, 0.3) is 10.9 Å². The summed E-state index contributed by atoms with van der Waals surface area (Å²) in [6.45, 7) is 0.692. The molecular weight excluding hydrogens is 238 g/mol. The van der Waals surface area contributed by atoms with Gasteiger partial charge in [0.1, 0.15) is 0 Å². The number of aromatic amines is 1. The van der Waals surface area contributed by atoms with E-state index >= 15 is 0 Å². The number of hydrogen-bond donors (Lipinski definition) is 3. The van der Waals surface area contributed by atoms with Crippen LogP contribution in [0.2, 0.25) is 0 Å². The van der Waals surface area contributed by atoms with Crippen molar-refractivity contribution in [3.8, 4) is 0 Å². The number of nitrogens with one attached hydrogen (secondary N) is 2. The maximum Gasteiger partial charge on any atom is 0.240 e. The summed E-state index contributed by atoms with van der Waals surface area (Å²) >= 11 is 0. The number of aromatic nitrogens is 1. The highest BCUT2D eigenvalue weighted by molar-refractivity contribution is 5.89.